The first kappa shape index (κ1) is 23.5. The minimum atomic E-state index is -0.402. The van der Waals surface area contributed by atoms with Gasteiger partial charge in [-0.3, -0.25) is 29.8 Å². The summed E-state index contributed by atoms with van der Waals surface area (Å²) in [5.41, 5.74) is 1.65. The van der Waals surface area contributed by atoms with Crippen molar-refractivity contribution in [2.45, 2.75) is 50.4 Å². The molecule has 4 amide bonds. The molecule has 0 saturated carbocycles. The summed E-state index contributed by atoms with van der Waals surface area (Å²) in [6, 6.07) is 14.7. The van der Waals surface area contributed by atoms with E-state index in [0.29, 0.717) is 13.2 Å². The molecule has 0 aromatic heterocycles. The van der Waals surface area contributed by atoms with E-state index in [2.05, 4.69) is 10.6 Å². The molecule has 2 atom stereocenters. The van der Waals surface area contributed by atoms with Gasteiger partial charge < -0.3 is 9.47 Å². The van der Waals surface area contributed by atoms with Crippen LogP contribution in [-0.2, 0) is 19.2 Å². The van der Waals surface area contributed by atoms with Gasteiger partial charge in [0.15, 0.2) is 0 Å². The number of hydrogen-bond donors (Lipinski definition) is 2. The topological polar surface area (TPSA) is 111 Å². The highest BCUT2D eigenvalue weighted by atomic mass is 16.5. The van der Waals surface area contributed by atoms with E-state index >= 15 is 0 Å². The maximum atomic E-state index is 11.8. The van der Waals surface area contributed by atoms with Crippen LogP contribution in [0.3, 0.4) is 0 Å². The first-order chi connectivity index (χ1) is 16.5. The average molecular weight is 465 g/mol. The van der Waals surface area contributed by atoms with Gasteiger partial charge in [-0.05, 0) is 61.1 Å². The molecule has 2 aliphatic heterocycles. The molecular weight excluding hydrogens is 436 g/mol. The number of nitrogens with one attached hydrogen (secondary N) is 2. The van der Waals surface area contributed by atoms with Crippen molar-refractivity contribution < 1.29 is 28.7 Å². The van der Waals surface area contributed by atoms with Gasteiger partial charge >= 0.3 is 0 Å². The molecule has 8 heteroatoms. The minimum Gasteiger partial charge on any atom is -0.494 e. The molecule has 2 aliphatic rings. The molecular formula is C26H28N2O6. The monoisotopic (exact) mass is 464 g/mol. The zero-order valence-corrected chi connectivity index (χ0v) is 18.9. The molecule has 0 radical (unpaired) electrons. The number of ether oxygens (including phenoxy) is 2. The fourth-order valence-electron chi connectivity index (χ4n) is 4.18. The number of hydrogen-bond acceptors (Lipinski definition) is 6. The Hall–Kier alpha value is -3.68. The lowest BCUT2D eigenvalue weighted by Crippen LogP contribution is -2.21. The number of imide groups is 2. The number of unbranched alkanes of at least 4 members (excludes halogenated alkanes) is 3. The summed E-state index contributed by atoms with van der Waals surface area (Å²) in [5, 5.41) is 4.65. The first-order valence-corrected chi connectivity index (χ1v) is 11.6. The van der Waals surface area contributed by atoms with Gasteiger partial charge in [0.2, 0.25) is 23.6 Å². The highest BCUT2D eigenvalue weighted by Gasteiger charge is 2.32. The van der Waals surface area contributed by atoms with Crippen molar-refractivity contribution in [3.8, 4) is 11.5 Å². The quantitative estimate of drug-likeness (QED) is 0.391. The van der Waals surface area contributed by atoms with Crippen LogP contribution < -0.4 is 20.1 Å². The maximum absolute atomic E-state index is 11.8. The van der Waals surface area contributed by atoms with Crippen molar-refractivity contribution in [1.82, 2.24) is 10.6 Å². The average Bonchev–Trinajstić information content (AvgIpc) is 3.35. The van der Waals surface area contributed by atoms with Crippen molar-refractivity contribution in [1.29, 1.82) is 0 Å². The van der Waals surface area contributed by atoms with Crippen molar-refractivity contribution in [2.24, 2.45) is 0 Å². The second kappa shape index (κ2) is 11.0. The van der Waals surface area contributed by atoms with Crippen molar-refractivity contribution in [3.63, 3.8) is 0 Å². The molecule has 0 unspecified atom stereocenters. The van der Waals surface area contributed by atoms with Crippen LogP contribution in [0.4, 0.5) is 0 Å². The molecule has 34 heavy (non-hydrogen) atoms. The summed E-state index contributed by atoms with van der Waals surface area (Å²) >= 11 is 0. The maximum Gasteiger partial charge on any atom is 0.234 e. The minimum absolute atomic E-state index is 0.204. The van der Waals surface area contributed by atoms with E-state index in [1.165, 1.54) is 0 Å². The van der Waals surface area contributed by atoms with Crippen LogP contribution in [0.1, 0.15) is 61.5 Å². The lowest BCUT2D eigenvalue weighted by atomic mass is 9.98. The van der Waals surface area contributed by atoms with Gasteiger partial charge in [0.25, 0.3) is 0 Å². The molecule has 0 bridgehead atoms. The van der Waals surface area contributed by atoms with Crippen LogP contribution in [0.2, 0.25) is 0 Å². The van der Waals surface area contributed by atoms with Crippen LogP contribution >= 0.6 is 0 Å². The molecule has 2 N–H and O–H groups in total. The zero-order valence-electron chi connectivity index (χ0n) is 18.9. The van der Waals surface area contributed by atoms with Gasteiger partial charge in [-0.2, -0.15) is 0 Å². The molecule has 178 valence electrons. The second-order valence-electron chi connectivity index (χ2n) is 8.59. The van der Waals surface area contributed by atoms with Crippen molar-refractivity contribution in [2.75, 3.05) is 13.2 Å². The normalized spacial score (nSPS) is 19.8. The summed E-state index contributed by atoms with van der Waals surface area (Å²) in [6.45, 7) is 1.22. The Morgan fingerprint density at radius 1 is 0.588 bits per heavy atom. The van der Waals surface area contributed by atoms with E-state index in [0.717, 1.165) is 48.3 Å². The SMILES string of the molecule is O=C1C[C@H](c2ccc(OCCCCCCOc3ccc([C@H]4CC(=O)NC4=O)cc3)cc2)C(=O)N1. The molecule has 2 saturated heterocycles. The lowest BCUT2D eigenvalue weighted by molar-refractivity contribution is -0.126. The molecule has 2 fully saturated rings. The van der Waals surface area contributed by atoms with Gasteiger partial charge in [0.1, 0.15) is 11.5 Å². The van der Waals surface area contributed by atoms with E-state index in [1.54, 1.807) is 0 Å². The van der Waals surface area contributed by atoms with E-state index in [1.807, 2.05) is 48.5 Å². The van der Waals surface area contributed by atoms with E-state index in [-0.39, 0.29) is 36.5 Å². The van der Waals surface area contributed by atoms with Crippen LogP contribution in [0.25, 0.3) is 0 Å². The fourth-order valence-corrected chi connectivity index (χ4v) is 4.18. The third-order valence-corrected chi connectivity index (χ3v) is 6.08. The summed E-state index contributed by atoms with van der Waals surface area (Å²) in [6.07, 6.45) is 4.31. The molecule has 8 nitrogen and oxygen atoms in total. The van der Waals surface area contributed by atoms with Gasteiger partial charge in [0.05, 0.1) is 25.0 Å². The Kier molecular flexibility index (Phi) is 7.57. The van der Waals surface area contributed by atoms with Crippen LogP contribution in [-0.4, -0.2) is 36.8 Å². The number of carbonyl (C=O) groups excluding carboxylic acids is 4. The molecule has 4 rings (SSSR count). The summed E-state index contributed by atoms with van der Waals surface area (Å²) in [4.78, 5) is 46.2. The van der Waals surface area contributed by atoms with E-state index in [4.69, 9.17) is 9.47 Å². The van der Waals surface area contributed by atoms with Gasteiger partial charge in [-0.25, -0.2) is 0 Å². The fraction of sp³-hybridized carbons (Fsp3) is 0.385. The number of carbonyl (C=O) groups is 4. The highest BCUT2D eigenvalue weighted by Crippen LogP contribution is 2.27. The number of rotatable bonds is 11. The van der Waals surface area contributed by atoms with Gasteiger partial charge in [-0.1, -0.05) is 24.3 Å². The smallest absolute Gasteiger partial charge is 0.234 e. The molecule has 2 aromatic rings. The summed E-state index contributed by atoms with van der Waals surface area (Å²) in [7, 11) is 0. The largest absolute Gasteiger partial charge is 0.494 e. The number of benzene rings is 2. The molecule has 2 aromatic carbocycles. The standard InChI is InChI=1S/C26H28N2O6/c29-23-15-21(25(31)27-23)17-5-9-19(10-6-17)33-13-3-1-2-4-14-34-20-11-7-18(8-12-20)22-16-24(30)28-26(22)32/h5-12,21-22H,1-4,13-16H2,(H,27,29,31)(H,28,30,32)/t21-,22-/m1/s1. The molecule has 2 heterocycles. The van der Waals surface area contributed by atoms with E-state index in [9.17, 15) is 19.2 Å². The first-order valence-electron chi connectivity index (χ1n) is 11.6. The highest BCUT2D eigenvalue weighted by molar-refractivity contribution is 6.06. The van der Waals surface area contributed by atoms with Gasteiger partial charge in [-0.15, -0.1) is 0 Å². The van der Waals surface area contributed by atoms with Crippen LogP contribution in [0, 0.1) is 0 Å². The number of amides is 4. The third kappa shape index (κ3) is 6.01. The predicted octanol–water partition coefficient (Wildman–Crippen LogP) is 2.97. The Labute approximate surface area is 198 Å². The van der Waals surface area contributed by atoms with Gasteiger partial charge in [0, 0.05) is 12.8 Å². The van der Waals surface area contributed by atoms with Crippen molar-refractivity contribution in [3.05, 3.63) is 59.7 Å². The second-order valence-corrected chi connectivity index (χ2v) is 8.59. The molecule has 0 aliphatic carbocycles. The predicted molar refractivity (Wildman–Crippen MR) is 123 cm³/mol. The zero-order chi connectivity index (χ0) is 23.9. The summed E-state index contributed by atoms with van der Waals surface area (Å²) in [5.74, 6) is -0.244. The Bertz CT molecular complexity index is 962. The third-order valence-electron chi connectivity index (χ3n) is 6.08. The summed E-state index contributed by atoms with van der Waals surface area (Å²) < 4.78 is 11.5. The Morgan fingerprint density at radius 3 is 1.29 bits per heavy atom. The van der Waals surface area contributed by atoms with Crippen LogP contribution in [0.5, 0.6) is 11.5 Å². The van der Waals surface area contributed by atoms with Crippen LogP contribution in [0.15, 0.2) is 48.5 Å². The van der Waals surface area contributed by atoms with Crippen molar-refractivity contribution >= 4 is 23.6 Å². The Balaban J connectivity index is 1.07. The Morgan fingerprint density at radius 2 is 0.971 bits per heavy atom. The lowest BCUT2D eigenvalue weighted by Gasteiger charge is -2.10. The van der Waals surface area contributed by atoms with E-state index < -0.39 is 11.8 Å². The molecule has 0 spiro atoms.